The third kappa shape index (κ3) is 5.71. The molecule has 0 saturated heterocycles. The van der Waals surface area contributed by atoms with Gasteiger partial charge >= 0.3 is 0 Å². The first-order valence-electron chi connectivity index (χ1n) is 12.5. The highest BCUT2D eigenvalue weighted by molar-refractivity contribution is 6.31. The zero-order chi connectivity index (χ0) is 23.8. The zero-order valence-corrected chi connectivity index (χ0v) is 21.3. The minimum absolute atomic E-state index is 0.0900. The van der Waals surface area contributed by atoms with Gasteiger partial charge in [-0.15, -0.1) is 0 Å². The van der Waals surface area contributed by atoms with Crippen molar-refractivity contribution in [2.24, 2.45) is 11.3 Å². The molecule has 0 aliphatic heterocycles. The molecule has 1 N–H and O–H groups in total. The van der Waals surface area contributed by atoms with Gasteiger partial charge in [0.2, 0.25) is 0 Å². The minimum Gasteiger partial charge on any atom is -0.396 e. The van der Waals surface area contributed by atoms with E-state index in [0.29, 0.717) is 41.5 Å². The number of hydrogen-bond acceptors (Lipinski definition) is 4. The number of carbonyl (C=O) groups is 1. The first-order chi connectivity index (χ1) is 15.6. The largest absolute Gasteiger partial charge is 0.396 e. The van der Waals surface area contributed by atoms with Crippen LogP contribution in [0.5, 0.6) is 0 Å². The van der Waals surface area contributed by atoms with Crippen molar-refractivity contribution in [3.05, 3.63) is 51.4 Å². The van der Waals surface area contributed by atoms with E-state index < -0.39 is 0 Å². The van der Waals surface area contributed by atoms with E-state index in [9.17, 15) is 9.90 Å². The summed E-state index contributed by atoms with van der Waals surface area (Å²) in [6.45, 7) is 9.04. The van der Waals surface area contributed by atoms with Crippen LogP contribution in [0.2, 0.25) is 5.02 Å². The molecule has 0 bridgehead atoms. The Bertz CT molecular complexity index is 993. The van der Waals surface area contributed by atoms with Gasteiger partial charge in [-0.05, 0) is 79.9 Å². The monoisotopic (exact) mass is 471 g/mol. The van der Waals surface area contributed by atoms with Crippen molar-refractivity contribution in [2.75, 3.05) is 6.61 Å². The number of ketones is 1. The Labute approximate surface area is 203 Å². The molecule has 0 unspecified atom stereocenters. The van der Waals surface area contributed by atoms with Crippen LogP contribution in [0.1, 0.15) is 99.8 Å². The third-order valence-corrected chi connectivity index (χ3v) is 7.71. The molecule has 4 rings (SSSR count). The van der Waals surface area contributed by atoms with Crippen LogP contribution in [0.3, 0.4) is 0 Å². The van der Waals surface area contributed by atoms with Gasteiger partial charge in [-0.25, -0.2) is 0 Å². The number of carbonyl (C=O) groups excluding carboxylic acids is 1. The van der Waals surface area contributed by atoms with Crippen LogP contribution in [-0.4, -0.2) is 22.7 Å². The first-order valence-corrected chi connectivity index (χ1v) is 12.8. The van der Waals surface area contributed by atoms with E-state index in [1.54, 1.807) is 0 Å². The van der Waals surface area contributed by atoms with Gasteiger partial charge in [-0.1, -0.05) is 49.7 Å². The van der Waals surface area contributed by atoms with Gasteiger partial charge in [0.25, 0.3) is 0 Å². The zero-order valence-electron chi connectivity index (χ0n) is 20.5. The maximum atomic E-state index is 12.7. The molecule has 4 nitrogen and oxygen atoms in total. The summed E-state index contributed by atoms with van der Waals surface area (Å²) in [7, 11) is 0. The highest BCUT2D eigenvalue weighted by Crippen LogP contribution is 2.57. The van der Waals surface area contributed by atoms with Crippen molar-refractivity contribution >= 4 is 17.4 Å². The molecular formula is C28H38ClNO3. The topological polar surface area (TPSA) is 63.3 Å². The lowest BCUT2D eigenvalue weighted by atomic mass is 9.55. The summed E-state index contributed by atoms with van der Waals surface area (Å²) in [6.07, 6.45) is 7.76. The molecule has 1 heterocycles. The number of aromatic nitrogens is 1. The smallest absolute Gasteiger partial charge is 0.146 e. The van der Waals surface area contributed by atoms with Gasteiger partial charge in [-0.3, -0.25) is 4.79 Å². The van der Waals surface area contributed by atoms with Crippen LogP contribution < -0.4 is 0 Å². The van der Waals surface area contributed by atoms with Crippen LogP contribution in [0.15, 0.2) is 22.7 Å². The number of aliphatic hydroxyl groups is 1. The quantitative estimate of drug-likeness (QED) is 0.417. The van der Waals surface area contributed by atoms with Gasteiger partial charge < -0.3 is 9.63 Å². The standard InChI is InChI=1S/C28H38ClNO3/c1-18-5-6-21(23(29)13-18)14-22(32)9-10-24-25(20-7-8-20)26(33-30-24)28(11-12-31)16-19(17-28)15-27(2,3)4/h5-6,13,19-20,31H,7-12,14-17H2,1-4H3. The fourth-order valence-corrected chi connectivity index (χ4v) is 6.12. The van der Waals surface area contributed by atoms with Crippen LogP contribution in [0, 0.1) is 18.3 Å². The molecule has 0 amide bonds. The summed E-state index contributed by atoms with van der Waals surface area (Å²) in [4.78, 5) is 12.7. The number of Topliss-reactive ketones (excluding diaryl/α,β-unsaturated/α-hetero) is 1. The lowest BCUT2D eigenvalue weighted by Crippen LogP contribution is -2.43. The second kappa shape index (κ2) is 9.54. The van der Waals surface area contributed by atoms with E-state index >= 15 is 0 Å². The molecular weight excluding hydrogens is 434 g/mol. The predicted octanol–water partition coefficient (Wildman–Crippen LogP) is 6.72. The van der Waals surface area contributed by atoms with Crippen molar-refractivity contribution in [1.82, 2.24) is 5.16 Å². The Hall–Kier alpha value is -1.65. The lowest BCUT2D eigenvalue weighted by Gasteiger charge is -2.48. The average Bonchev–Trinajstić information content (AvgIpc) is 3.45. The number of aryl methyl sites for hydroxylation is 2. The minimum atomic E-state index is -0.0900. The van der Waals surface area contributed by atoms with Crippen molar-refractivity contribution in [3.8, 4) is 0 Å². The Morgan fingerprint density at radius 2 is 2.00 bits per heavy atom. The molecule has 0 radical (unpaired) electrons. The molecule has 5 heteroatoms. The molecule has 180 valence electrons. The van der Waals surface area contributed by atoms with Gasteiger partial charge in [-0.2, -0.15) is 0 Å². The summed E-state index contributed by atoms with van der Waals surface area (Å²) in [6, 6.07) is 5.85. The molecule has 33 heavy (non-hydrogen) atoms. The number of rotatable bonds is 10. The predicted molar refractivity (Wildman–Crippen MR) is 132 cm³/mol. The van der Waals surface area contributed by atoms with Gasteiger partial charge in [0.05, 0.1) is 5.69 Å². The van der Waals surface area contributed by atoms with Crippen LogP contribution in [0.4, 0.5) is 0 Å². The molecule has 1 aromatic carbocycles. The van der Waals surface area contributed by atoms with E-state index in [1.807, 2.05) is 25.1 Å². The molecule has 2 aliphatic carbocycles. The molecule has 0 atom stereocenters. The molecule has 0 spiro atoms. The Morgan fingerprint density at radius 3 is 2.61 bits per heavy atom. The second-order valence-corrected chi connectivity index (χ2v) is 12.2. The van der Waals surface area contributed by atoms with Crippen LogP contribution in [-0.2, 0) is 23.1 Å². The third-order valence-electron chi connectivity index (χ3n) is 7.36. The highest BCUT2D eigenvalue weighted by atomic mass is 35.5. The van der Waals surface area contributed by atoms with E-state index in [1.165, 1.54) is 12.0 Å². The van der Waals surface area contributed by atoms with Crippen LogP contribution >= 0.6 is 11.6 Å². The maximum absolute atomic E-state index is 12.7. The Kier molecular flexibility index (Phi) is 7.08. The van der Waals surface area contributed by atoms with Crippen molar-refractivity contribution in [1.29, 1.82) is 0 Å². The number of hydrogen-bond donors (Lipinski definition) is 1. The summed E-state index contributed by atoms with van der Waals surface area (Å²) in [5.74, 6) is 2.34. The Balaban J connectivity index is 1.46. The number of benzene rings is 1. The number of aliphatic hydroxyl groups excluding tert-OH is 1. The normalized spacial score (nSPS) is 22.9. The fraction of sp³-hybridized carbons (Fsp3) is 0.643. The summed E-state index contributed by atoms with van der Waals surface area (Å²) in [5, 5.41) is 15.0. The van der Waals surface area contributed by atoms with E-state index in [2.05, 4.69) is 25.9 Å². The molecule has 1 aromatic heterocycles. The summed E-state index contributed by atoms with van der Waals surface area (Å²) < 4.78 is 6.02. The fourth-order valence-electron chi connectivity index (χ4n) is 5.81. The van der Waals surface area contributed by atoms with E-state index in [-0.39, 0.29) is 17.8 Å². The molecule has 2 saturated carbocycles. The van der Waals surface area contributed by atoms with Crippen molar-refractivity contribution < 1.29 is 14.4 Å². The van der Waals surface area contributed by atoms with Gasteiger partial charge in [0, 0.05) is 41.9 Å². The Morgan fingerprint density at radius 1 is 1.27 bits per heavy atom. The summed E-state index contributed by atoms with van der Waals surface area (Å²) in [5.41, 5.74) is 4.40. The molecule has 2 aliphatic rings. The molecule has 2 aromatic rings. The maximum Gasteiger partial charge on any atom is 0.146 e. The number of halogens is 1. The summed E-state index contributed by atoms with van der Waals surface area (Å²) >= 11 is 6.32. The molecule has 2 fully saturated rings. The number of nitrogens with zero attached hydrogens (tertiary/aromatic N) is 1. The van der Waals surface area contributed by atoms with Gasteiger partial charge in [0.15, 0.2) is 0 Å². The van der Waals surface area contributed by atoms with Crippen LogP contribution in [0.25, 0.3) is 0 Å². The second-order valence-electron chi connectivity index (χ2n) is 11.7. The van der Waals surface area contributed by atoms with Gasteiger partial charge in [0.1, 0.15) is 11.5 Å². The SMILES string of the molecule is Cc1ccc(CC(=O)CCc2noc(C3(CCO)CC(CC(C)(C)C)C3)c2C2CC2)c(Cl)c1. The van der Waals surface area contributed by atoms with E-state index in [0.717, 1.165) is 54.7 Å². The van der Waals surface area contributed by atoms with Crippen molar-refractivity contribution in [3.63, 3.8) is 0 Å². The van der Waals surface area contributed by atoms with Crippen molar-refractivity contribution in [2.45, 2.75) is 96.8 Å². The highest BCUT2D eigenvalue weighted by Gasteiger charge is 2.51. The lowest BCUT2D eigenvalue weighted by molar-refractivity contribution is -0.118. The average molecular weight is 472 g/mol. The van der Waals surface area contributed by atoms with E-state index in [4.69, 9.17) is 16.1 Å². The first kappa shape index (κ1) is 24.5.